The van der Waals surface area contributed by atoms with Crippen LogP contribution in [0.3, 0.4) is 0 Å². The minimum atomic E-state index is -5.68. The molecule has 0 aromatic heterocycles. The molecule has 0 radical (unpaired) electrons. The van der Waals surface area contributed by atoms with Gasteiger partial charge in [0.1, 0.15) is 5.41 Å². The molecule has 0 N–H and O–H groups in total. The summed E-state index contributed by atoms with van der Waals surface area (Å²) in [7, 11) is 0. The van der Waals surface area contributed by atoms with E-state index < -0.39 is 80.8 Å². The molecule has 0 fully saturated rings. The van der Waals surface area contributed by atoms with Crippen molar-refractivity contribution in [2.24, 2.45) is 10.5 Å². The minimum absolute atomic E-state index is 0.215. The molecule has 1 atom stereocenters. The van der Waals surface area contributed by atoms with Crippen LogP contribution in [-0.2, 0) is 26.7 Å². The van der Waals surface area contributed by atoms with Crippen molar-refractivity contribution in [2.45, 2.75) is 32.4 Å². The molecular formula is C24H17ClF9N3O4. The highest BCUT2D eigenvalue weighted by atomic mass is 35.5. The van der Waals surface area contributed by atoms with Crippen LogP contribution in [0.2, 0.25) is 5.02 Å². The second-order valence-corrected chi connectivity index (χ2v) is 9.12. The predicted molar refractivity (Wildman–Crippen MR) is 125 cm³/mol. The Labute approximate surface area is 230 Å². The number of anilines is 1. The molecule has 0 bridgehead atoms. The Morgan fingerprint density at radius 3 is 2.02 bits per heavy atom. The molecule has 0 saturated heterocycles. The highest BCUT2D eigenvalue weighted by Crippen LogP contribution is 2.39. The number of benzene rings is 2. The van der Waals surface area contributed by atoms with Gasteiger partial charge in [-0.1, -0.05) is 17.7 Å². The number of carbonyl (C=O) groups is 3. The largest absolute Gasteiger partial charge is 0.472 e. The van der Waals surface area contributed by atoms with Crippen LogP contribution in [0.4, 0.5) is 50.0 Å². The second kappa shape index (κ2) is 10.9. The number of urea groups is 1. The van der Waals surface area contributed by atoms with Crippen molar-refractivity contribution >= 4 is 40.9 Å². The Bertz CT molecular complexity index is 1390. The molecule has 7 nitrogen and oxygen atoms in total. The van der Waals surface area contributed by atoms with Crippen molar-refractivity contribution in [3.8, 4) is 0 Å². The number of hydrazone groups is 1. The first kappa shape index (κ1) is 31.7. The molecule has 3 rings (SSSR count). The lowest BCUT2D eigenvalue weighted by atomic mass is 9.82. The van der Waals surface area contributed by atoms with Crippen LogP contribution in [0, 0.1) is 5.41 Å². The molecule has 2 aromatic rings. The summed E-state index contributed by atoms with van der Waals surface area (Å²) in [4.78, 5) is 37.9. The first-order valence-corrected chi connectivity index (χ1v) is 11.6. The third-order valence-corrected chi connectivity index (χ3v) is 6.11. The lowest BCUT2D eigenvalue weighted by molar-refractivity contribution is -0.169. The maximum atomic E-state index is 13.4. The number of ether oxygens (including phenoxy) is 1. The first-order valence-electron chi connectivity index (χ1n) is 11.2. The van der Waals surface area contributed by atoms with E-state index in [1.165, 1.54) is 6.92 Å². The molecule has 222 valence electrons. The van der Waals surface area contributed by atoms with Crippen LogP contribution in [0.5, 0.6) is 0 Å². The SMILES string of the molecule is CCOC(=O)C1(C)CN(C(=O)N(C(=O)C(F)(F)F)c2ccc(C(F)(F)F)cc2)N=C1c1ccc(C(F)(F)F)c(Cl)c1. The van der Waals surface area contributed by atoms with E-state index in [0.29, 0.717) is 30.3 Å². The molecule has 1 aliphatic rings. The van der Waals surface area contributed by atoms with Gasteiger partial charge in [0, 0.05) is 5.56 Å². The van der Waals surface area contributed by atoms with Crippen LogP contribution in [0.1, 0.15) is 30.5 Å². The average Bonchev–Trinajstić information content (AvgIpc) is 3.21. The summed E-state index contributed by atoms with van der Waals surface area (Å²) in [6.07, 6.45) is -15.4. The highest BCUT2D eigenvalue weighted by Gasteiger charge is 2.52. The van der Waals surface area contributed by atoms with Gasteiger partial charge in [0.2, 0.25) is 0 Å². The summed E-state index contributed by atoms with van der Waals surface area (Å²) >= 11 is 5.76. The highest BCUT2D eigenvalue weighted by molar-refractivity contribution is 6.32. The van der Waals surface area contributed by atoms with Crippen molar-refractivity contribution in [3.63, 3.8) is 0 Å². The Morgan fingerprint density at radius 1 is 0.976 bits per heavy atom. The number of amides is 3. The summed E-state index contributed by atoms with van der Waals surface area (Å²) in [5.74, 6) is -3.87. The van der Waals surface area contributed by atoms with Gasteiger partial charge in [0.15, 0.2) is 0 Å². The van der Waals surface area contributed by atoms with E-state index in [9.17, 15) is 53.9 Å². The monoisotopic (exact) mass is 617 g/mol. The van der Waals surface area contributed by atoms with Crippen LogP contribution in [0.25, 0.3) is 0 Å². The fraction of sp³-hybridized carbons (Fsp3) is 0.333. The number of imide groups is 1. The van der Waals surface area contributed by atoms with E-state index in [1.54, 1.807) is 0 Å². The molecule has 0 spiro atoms. The summed E-state index contributed by atoms with van der Waals surface area (Å²) in [5, 5.41) is 3.26. The number of hydrogen-bond donors (Lipinski definition) is 0. The van der Waals surface area contributed by atoms with Crippen molar-refractivity contribution in [1.82, 2.24) is 5.01 Å². The van der Waals surface area contributed by atoms with E-state index in [-0.39, 0.29) is 17.2 Å². The molecule has 0 aliphatic carbocycles. The van der Waals surface area contributed by atoms with Gasteiger partial charge in [-0.05, 0) is 50.2 Å². The van der Waals surface area contributed by atoms with E-state index in [4.69, 9.17) is 16.3 Å². The molecule has 1 heterocycles. The van der Waals surface area contributed by atoms with Crippen LogP contribution in [0.15, 0.2) is 47.6 Å². The first-order chi connectivity index (χ1) is 18.7. The van der Waals surface area contributed by atoms with E-state index in [1.807, 2.05) is 0 Å². The van der Waals surface area contributed by atoms with Gasteiger partial charge in [0.05, 0.1) is 40.7 Å². The van der Waals surface area contributed by atoms with Gasteiger partial charge in [0.25, 0.3) is 0 Å². The number of halogens is 10. The zero-order valence-electron chi connectivity index (χ0n) is 20.7. The average molecular weight is 618 g/mol. The second-order valence-electron chi connectivity index (χ2n) is 8.72. The van der Waals surface area contributed by atoms with E-state index in [2.05, 4.69) is 5.10 Å². The van der Waals surface area contributed by atoms with E-state index >= 15 is 0 Å². The van der Waals surface area contributed by atoms with Crippen molar-refractivity contribution < 1.29 is 58.6 Å². The van der Waals surface area contributed by atoms with Gasteiger partial charge in [-0.15, -0.1) is 0 Å². The minimum Gasteiger partial charge on any atom is -0.465 e. The number of carbonyl (C=O) groups excluding carboxylic acids is 3. The quantitative estimate of drug-likeness (QED) is 0.283. The smallest absolute Gasteiger partial charge is 0.465 e. The zero-order chi connectivity index (χ0) is 31.1. The predicted octanol–water partition coefficient (Wildman–Crippen LogP) is 6.68. The summed E-state index contributed by atoms with van der Waals surface area (Å²) < 4.78 is 124. The lowest BCUT2D eigenvalue weighted by Crippen LogP contribution is -2.51. The van der Waals surface area contributed by atoms with Gasteiger partial charge in [-0.25, -0.2) is 14.7 Å². The molecule has 41 heavy (non-hydrogen) atoms. The number of esters is 1. The van der Waals surface area contributed by atoms with Crippen molar-refractivity contribution in [2.75, 3.05) is 18.1 Å². The van der Waals surface area contributed by atoms with Crippen LogP contribution in [-0.4, -0.2) is 48.0 Å². The van der Waals surface area contributed by atoms with Crippen LogP contribution >= 0.6 is 11.6 Å². The summed E-state index contributed by atoms with van der Waals surface area (Å²) in [6.45, 7) is 1.46. The van der Waals surface area contributed by atoms with Gasteiger partial charge in [-0.3, -0.25) is 9.59 Å². The Morgan fingerprint density at radius 2 is 1.56 bits per heavy atom. The number of alkyl halides is 9. The molecule has 1 unspecified atom stereocenters. The van der Waals surface area contributed by atoms with E-state index in [0.717, 1.165) is 19.1 Å². The third kappa shape index (κ3) is 6.41. The maximum absolute atomic E-state index is 13.4. The van der Waals surface area contributed by atoms with Gasteiger partial charge >= 0.3 is 36.4 Å². The number of nitrogens with zero attached hydrogens (tertiary/aromatic N) is 3. The Hall–Kier alpha value is -3.82. The lowest BCUT2D eigenvalue weighted by Gasteiger charge is -2.27. The molecule has 17 heteroatoms. The standard InChI is InChI=1S/C24H17ClF9N3O4/c1-3-41-19(39)21(2)11-36(35-17(21)12-4-9-15(16(25)10-12)23(29,30)31)20(40)37(18(38)24(32,33)34)14-7-5-13(6-8-14)22(26,27)28/h4-10H,3,11H2,1-2H3. The summed E-state index contributed by atoms with van der Waals surface area (Å²) in [5.41, 5.74) is -6.12. The van der Waals surface area contributed by atoms with Crippen molar-refractivity contribution in [1.29, 1.82) is 0 Å². The molecule has 1 aliphatic heterocycles. The van der Waals surface area contributed by atoms with Crippen LogP contribution < -0.4 is 4.90 Å². The van der Waals surface area contributed by atoms with Gasteiger partial charge in [-0.2, -0.15) is 44.6 Å². The Balaban J connectivity index is 2.14. The van der Waals surface area contributed by atoms with Gasteiger partial charge < -0.3 is 4.74 Å². The molecule has 3 amide bonds. The fourth-order valence-corrected chi connectivity index (χ4v) is 4.12. The maximum Gasteiger partial charge on any atom is 0.472 e. The number of hydrogen-bond acceptors (Lipinski definition) is 5. The normalized spacial score (nSPS) is 17.8. The molecular weight excluding hydrogens is 601 g/mol. The zero-order valence-corrected chi connectivity index (χ0v) is 21.5. The third-order valence-electron chi connectivity index (χ3n) is 5.79. The molecule has 0 saturated carbocycles. The topological polar surface area (TPSA) is 79.3 Å². The number of rotatable bonds is 4. The summed E-state index contributed by atoms with van der Waals surface area (Å²) in [6, 6.07) is 1.93. The fourth-order valence-electron chi connectivity index (χ4n) is 3.83. The molecule has 2 aromatic carbocycles. The van der Waals surface area contributed by atoms with Crippen molar-refractivity contribution in [3.05, 3.63) is 64.2 Å². The Kier molecular flexibility index (Phi) is 8.41.